The molecule has 1 rings (SSSR count). The topological polar surface area (TPSA) is 85.5 Å². The Balaban J connectivity index is 1.86. The van der Waals surface area contributed by atoms with E-state index in [1.54, 1.807) is 6.08 Å². The van der Waals surface area contributed by atoms with Gasteiger partial charge in [-0.25, -0.2) is 9.36 Å². The first-order chi connectivity index (χ1) is 22.7. The van der Waals surface area contributed by atoms with Crippen LogP contribution >= 0.6 is 0 Å². The molecule has 0 saturated carbocycles. The second-order valence-electron chi connectivity index (χ2n) is 13.5. The Morgan fingerprint density at radius 3 is 1.61 bits per heavy atom. The fourth-order valence-corrected chi connectivity index (χ4v) is 6.08. The van der Waals surface area contributed by atoms with Crippen molar-refractivity contribution < 1.29 is 19.6 Å². The van der Waals surface area contributed by atoms with Crippen LogP contribution in [0.15, 0.2) is 42.7 Å². The van der Waals surface area contributed by atoms with E-state index in [0.29, 0.717) is 6.54 Å². The molecular formula is C40H74N3O3+. The maximum Gasteiger partial charge on any atom is 0.315 e. The van der Waals surface area contributed by atoms with Crippen molar-refractivity contribution in [1.82, 2.24) is 10.6 Å². The second kappa shape index (κ2) is 33.0. The Morgan fingerprint density at radius 2 is 1.11 bits per heavy atom. The van der Waals surface area contributed by atoms with Gasteiger partial charge in [-0.05, 0) is 25.7 Å². The van der Waals surface area contributed by atoms with Gasteiger partial charge in [0.15, 0.2) is 12.4 Å². The van der Waals surface area contributed by atoms with Gasteiger partial charge >= 0.3 is 6.03 Å². The highest BCUT2D eigenvalue weighted by molar-refractivity contribution is 5.74. The molecule has 0 fully saturated rings. The van der Waals surface area contributed by atoms with E-state index < -0.39 is 12.1 Å². The second-order valence-corrected chi connectivity index (χ2v) is 13.5. The molecule has 0 aliphatic rings. The molecule has 1 heterocycles. The fourth-order valence-electron chi connectivity index (χ4n) is 6.08. The van der Waals surface area contributed by atoms with Crippen LogP contribution in [0, 0.1) is 0 Å². The number of carbonyl (C=O) groups is 1. The Morgan fingerprint density at radius 1 is 0.652 bits per heavy atom. The SMILES string of the molecule is CCCCCCCCCCCCC/C=C/[C@H](O)[C@H](CO)NC(=O)NCCCCCCCCCCCCCCCC[n+]1ccccc1. The van der Waals surface area contributed by atoms with Crippen LogP contribution in [-0.4, -0.2) is 41.5 Å². The predicted molar refractivity (Wildman–Crippen MR) is 195 cm³/mol. The first-order valence-electron chi connectivity index (χ1n) is 19.6. The molecule has 0 bridgehead atoms. The molecule has 2 atom stereocenters. The van der Waals surface area contributed by atoms with Crippen molar-refractivity contribution in [3.63, 3.8) is 0 Å². The van der Waals surface area contributed by atoms with E-state index in [4.69, 9.17) is 0 Å². The molecule has 0 aromatic carbocycles. The molecule has 46 heavy (non-hydrogen) atoms. The van der Waals surface area contributed by atoms with Crippen molar-refractivity contribution in [2.45, 2.75) is 193 Å². The number of urea groups is 1. The molecule has 1 aromatic heterocycles. The highest BCUT2D eigenvalue weighted by Gasteiger charge is 2.17. The van der Waals surface area contributed by atoms with Crippen molar-refractivity contribution in [2.24, 2.45) is 0 Å². The fraction of sp³-hybridized carbons (Fsp3) is 0.800. The van der Waals surface area contributed by atoms with Crippen LogP contribution in [0.1, 0.15) is 174 Å². The molecule has 6 heteroatoms. The monoisotopic (exact) mass is 645 g/mol. The van der Waals surface area contributed by atoms with E-state index in [-0.39, 0.29) is 12.6 Å². The molecule has 0 unspecified atom stereocenters. The lowest BCUT2D eigenvalue weighted by molar-refractivity contribution is -0.697. The molecular weight excluding hydrogens is 570 g/mol. The number of aryl methyl sites for hydroxylation is 1. The number of rotatable bonds is 33. The third-order valence-corrected chi connectivity index (χ3v) is 9.14. The zero-order chi connectivity index (χ0) is 33.2. The summed E-state index contributed by atoms with van der Waals surface area (Å²) in [5.74, 6) is 0. The Kier molecular flexibility index (Phi) is 30.2. The van der Waals surface area contributed by atoms with Crippen molar-refractivity contribution in [2.75, 3.05) is 13.2 Å². The summed E-state index contributed by atoms with van der Waals surface area (Å²) >= 11 is 0. The van der Waals surface area contributed by atoms with Crippen LogP contribution in [0.4, 0.5) is 4.79 Å². The predicted octanol–water partition coefficient (Wildman–Crippen LogP) is 9.71. The highest BCUT2D eigenvalue weighted by atomic mass is 16.3. The van der Waals surface area contributed by atoms with Gasteiger partial charge in [0.25, 0.3) is 0 Å². The number of nitrogens with zero attached hydrogens (tertiary/aromatic N) is 1. The third kappa shape index (κ3) is 27.2. The molecule has 6 nitrogen and oxygen atoms in total. The molecule has 0 spiro atoms. The van der Waals surface area contributed by atoms with Crippen LogP contribution < -0.4 is 15.2 Å². The largest absolute Gasteiger partial charge is 0.394 e. The third-order valence-electron chi connectivity index (χ3n) is 9.14. The number of unbranched alkanes of at least 4 members (excludes halogenated alkanes) is 24. The van der Waals surface area contributed by atoms with Gasteiger partial charge in [-0.15, -0.1) is 0 Å². The van der Waals surface area contributed by atoms with E-state index in [1.807, 2.05) is 6.08 Å². The van der Waals surface area contributed by atoms with Crippen LogP contribution in [-0.2, 0) is 6.54 Å². The van der Waals surface area contributed by atoms with Gasteiger partial charge < -0.3 is 20.8 Å². The summed E-state index contributed by atoms with van der Waals surface area (Å²) in [5.41, 5.74) is 0. The zero-order valence-corrected chi connectivity index (χ0v) is 30.0. The molecule has 2 amide bonds. The van der Waals surface area contributed by atoms with E-state index in [2.05, 4.69) is 52.7 Å². The molecule has 0 aliphatic heterocycles. The molecule has 266 valence electrons. The van der Waals surface area contributed by atoms with Crippen LogP contribution in [0.5, 0.6) is 0 Å². The van der Waals surface area contributed by atoms with Crippen LogP contribution in [0.3, 0.4) is 0 Å². The maximum atomic E-state index is 12.2. The summed E-state index contributed by atoms with van der Waals surface area (Å²) in [4.78, 5) is 12.2. The normalized spacial score (nSPS) is 12.8. The van der Waals surface area contributed by atoms with E-state index in [9.17, 15) is 15.0 Å². The average Bonchev–Trinajstić information content (AvgIpc) is 3.07. The van der Waals surface area contributed by atoms with Gasteiger partial charge in [-0.1, -0.05) is 160 Å². The number of carbonyl (C=O) groups excluding carboxylic acids is 1. The number of aliphatic hydroxyl groups excluding tert-OH is 2. The maximum absolute atomic E-state index is 12.2. The van der Waals surface area contributed by atoms with Gasteiger partial charge in [0.2, 0.25) is 0 Å². The van der Waals surface area contributed by atoms with E-state index >= 15 is 0 Å². The molecule has 0 saturated heterocycles. The Hall–Kier alpha value is -1.92. The first-order valence-corrected chi connectivity index (χ1v) is 19.6. The van der Waals surface area contributed by atoms with Crippen LogP contribution in [0.25, 0.3) is 0 Å². The standard InChI is InChI=1S/C40H73N3O3/c1-2-3-4-5-6-7-8-11-14-17-20-23-27-32-39(45)38(37-44)42-40(46)41-33-28-24-21-18-15-12-9-10-13-16-19-22-25-29-34-43-35-30-26-31-36-43/h26-27,30-32,35-36,38-39,44-45H,2-25,28-29,33-34,37H2,1H3,(H-,41,42,46)/p+1/b32-27+/t38-,39-/m0/s1. The summed E-state index contributed by atoms with van der Waals surface area (Å²) in [5, 5.41) is 25.6. The zero-order valence-electron chi connectivity index (χ0n) is 30.0. The minimum Gasteiger partial charge on any atom is -0.394 e. The summed E-state index contributed by atoms with van der Waals surface area (Å²) in [6, 6.07) is 5.27. The van der Waals surface area contributed by atoms with Gasteiger partial charge in [-0.2, -0.15) is 0 Å². The molecule has 4 N–H and O–H groups in total. The van der Waals surface area contributed by atoms with Gasteiger partial charge in [0.1, 0.15) is 6.54 Å². The van der Waals surface area contributed by atoms with Gasteiger partial charge in [-0.3, -0.25) is 0 Å². The lowest BCUT2D eigenvalue weighted by Gasteiger charge is -2.20. The summed E-state index contributed by atoms with van der Waals surface area (Å²) in [6.07, 6.45) is 40.7. The molecule has 1 aromatic rings. The Labute approximate surface area is 284 Å². The number of aromatic nitrogens is 1. The number of hydrogen-bond acceptors (Lipinski definition) is 3. The molecule has 0 radical (unpaired) electrons. The average molecular weight is 645 g/mol. The summed E-state index contributed by atoms with van der Waals surface area (Å²) < 4.78 is 2.28. The first kappa shape index (κ1) is 42.1. The number of pyridine rings is 1. The van der Waals surface area contributed by atoms with Gasteiger partial charge in [0, 0.05) is 25.1 Å². The highest BCUT2D eigenvalue weighted by Crippen LogP contribution is 2.14. The van der Waals surface area contributed by atoms with E-state index in [0.717, 1.165) is 32.2 Å². The minimum absolute atomic E-state index is 0.286. The number of aliphatic hydroxyl groups is 2. The van der Waals surface area contributed by atoms with Gasteiger partial charge in [0.05, 0.1) is 18.8 Å². The van der Waals surface area contributed by atoms with Crippen molar-refractivity contribution in [3.8, 4) is 0 Å². The lowest BCUT2D eigenvalue weighted by Crippen LogP contribution is -2.49. The molecule has 0 aliphatic carbocycles. The summed E-state index contributed by atoms with van der Waals surface area (Å²) in [6.45, 7) is 3.74. The minimum atomic E-state index is -0.877. The van der Waals surface area contributed by atoms with Crippen molar-refractivity contribution >= 4 is 6.03 Å². The number of hydrogen-bond donors (Lipinski definition) is 4. The number of amides is 2. The number of allylic oxidation sites excluding steroid dienone is 1. The lowest BCUT2D eigenvalue weighted by atomic mass is 10.0. The van der Waals surface area contributed by atoms with Crippen molar-refractivity contribution in [3.05, 3.63) is 42.7 Å². The number of nitrogens with one attached hydrogen (secondary N) is 2. The smallest absolute Gasteiger partial charge is 0.315 e. The quantitative estimate of drug-likeness (QED) is 0.0349. The van der Waals surface area contributed by atoms with E-state index in [1.165, 1.54) is 141 Å². The summed E-state index contributed by atoms with van der Waals surface area (Å²) in [7, 11) is 0. The Bertz CT molecular complexity index is 804. The van der Waals surface area contributed by atoms with Crippen molar-refractivity contribution in [1.29, 1.82) is 0 Å². The van der Waals surface area contributed by atoms with Crippen LogP contribution in [0.2, 0.25) is 0 Å².